The van der Waals surface area contributed by atoms with Gasteiger partial charge in [-0.15, -0.1) is 0 Å². The highest BCUT2D eigenvalue weighted by Crippen LogP contribution is 2.27. The monoisotopic (exact) mass is 380 g/mol. The molecule has 1 aromatic heterocycles. The van der Waals surface area contributed by atoms with Gasteiger partial charge < -0.3 is 9.67 Å². The average Bonchev–Trinajstić information content (AvgIpc) is 3.07. The standard InChI is InChI=1S/C18H21FN2O4S/c1-13-4-5-14(16(19)11-13)12-26(24,25)20-9-6-15(7-10-20)21-8-2-3-17(21)18(22)23/h2-5,8,11,15H,6-7,9-10,12H2,1H3,(H,22,23). The molecule has 6 nitrogen and oxygen atoms in total. The normalized spacial score (nSPS) is 16.7. The molecule has 2 aromatic rings. The molecule has 1 aliphatic rings. The molecule has 0 spiro atoms. The third-order valence-corrected chi connectivity index (χ3v) is 6.58. The van der Waals surface area contributed by atoms with Crippen molar-refractivity contribution in [3.8, 4) is 0 Å². The van der Waals surface area contributed by atoms with Gasteiger partial charge in [0.05, 0.1) is 5.75 Å². The fourth-order valence-electron chi connectivity index (χ4n) is 3.35. The molecular formula is C18H21FN2O4S. The van der Waals surface area contributed by atoms with E-state index in [4.69, 9.17) is 0 Å². The molecular weight excluding hydrogens is 359 g/mol. The van der Waals surface area contributed by atoms with Crippen LogP contribution in [0.1, 0.15) is 40.5 Å². The Hall–Kier alpha value is -2.19. The molecule has 1 aliphatic heterocycles. The van der Waals surface area contributed by atoms with Gasteiger partial charge in [-0.2, -0.15) is 0 Å². The largest absolute Gasteiger partial charge is 0.477 e. The highest BCUT2D eigenvalue weighted by atomic mass is 32.2. The molecule has 0 amide bonds. The summed E-state index contributed by atoms with van der Waals surface area (Å²) in [6, 6.07) is 7.68. The Labute approximate surface area is 151 Å². The van der Waals surface area contributed by atoms with E-state index >= 15 is 0 Å². The predicted octanol–water partition coefficient (Wildman–Crippen LogP) is 2.80. The van der Waals surface area contributed by atoms with E-state index in [1.165, 1.54) is 22.5 Å². The Balaban J connectivity index is 1.68. The number of nitrogens with zero attached hydrogens (tertiary/aromatic N) is 2. The van der Waals surface area contributed by atoms with Gasteiger partial charge in [0, 0.05) is 30.9 Å². The number of piperidine rings is 1. The number of hydrogen-bond acceptors (Lipinski definition) is 3. The van der Waals surface area contributed by atoms with Gasteiger partial charge in [-0.3, -0.25) is 0 Å². The maximum Gasteiger partial charge on any atom is 0.352 e. The van der Waals surface area contributed by atoms with Crippen LogP contribution in [0.2, 0.25) is 0 Å². The quantitative estimate of drug-likeness (QED) is 0.865. The van der Waals surface area contributed by atoms with Crippen LogP contribution in [0.15, 0.2) is 36.5 Å². The zero-order valence-electron chi connectivity index (χ0n) is 14.4. The fraction of sp³-hybridized carbons (Fsp3) is 0.389. The zero-order valence-corrected chi connectivity index (χ0v) is 15.2. The number of sulfonamides is 1. The predicted molar refractivity (Wildman–Crippen MR) is 95.0 cm³/mol. The summed E-state index contributed by atoms with van der Waals surface area (Å²) in [4.78, 5) is 11.2. The second kappa shape index (κ2) is 7.20. The molecule has 1 saturated heterocycles. The molecule has 1 fully saturated rings. The highest BCUT2D eigenvalue weighted by Gasteiger charge is 2.30. The molecule has 0 bridgehead atoms. The number of carboxylic acids is 1. The number of rotatable bonds is 5. The number of aromatic nitrogens is 1. The Bertz CT molecular complexity index is 915. The van der Waals surface area contributed by atoms with E-state index in [0.717, 1.165) is 5.56 Å². The van der Waals surface area contributed by atoms with Gasteiger partial charge in [0.1, 0.15) is 11.5 Å². The molecule has 1 N–H and O–H groups in total. The maximum atomic E-state index is 14.0. The Morgan fingerprint density at radius 1 is 1.27 bits per heavy atom. The van der Waals surface area contributed by atoms with Gasteiger partial charge in [-0.05, 0) is 43.5 Å². The minimum absolute atomic E-state index is 0.0568. The number of halogens is 1. The first-order valence-corrected chi connectivity index (χ1v) is 10.0. The topological polar surface area (TPSA) is 79.6 Å². The fourth-order valence-corrected chi connectivity index (χ4v) is 4.93. The van der Waals surface area contributed by atoms with E-state index in [2.05, 4.69) is 0 Å². The summed E-state index contributed by atoms with van der Waals surface area (Å²) in [6.45, 7) is 2.33. The first-order valence-electron chi connectivity index (χ1n) is 8.41. The summed E-state index contributed by atoms with van der Waals surface area (Å²) in [7, 11) is -3.62. The van der Waals surface area contributed by atoms with E-state index < -0.39 is 21.8 Å². The van der Waals surface area contributed by atoms with Crippen molar-refractivity contribution in [1.29, 1.82) is 0 Å². The Kier molecular flexibility index (Phi) is 5.15. The first kappa shape index (κ1) is 18.6. The Morgan fingerprint density at radius 3 is 2.58 bits per heavy atom. The van der Waals surface area contributed by atoms with Gasteiger partial charge >= 0.3 is 5.97 Å². The van der Waals surface area contributed by atoms with E-state index in [1.807, 2.05) is 0 Å². The van der Waals surface area contributed by atoms with Crippen LogP contribution in [0.25, 0.3) is 0 Å². The molecule has 8 heteroatoms. The van der Waals surface area contributed by atoms with Crippen LogP contribution in [0.4, 0.5) is 4.39 Å². The molecule has 1 aromatic carbocycles. The second-order valence-electron chi connectivity index (χ2n) is 6.59. The summed E-state index contributed by atoms with van der Waals surface area (Å²) in [5.41, 5.74) is 1.11. The van der Waals surface area contributed by atoms with Gasteiger partial charge in [-0.1, -0.05) is 12.1 Å². The summed E-state index contributed by atoms with van der Waals surface area (Å²) < 4.78 is 42.3. The third-order valence-electron chi connectivity index (χ3n) is 4.75. The van der Waals surface area contributed by atoms with Crippen molar-refractivity contribution in [3.63, 3.8) is 0 Å². The number of aromatic carboxylic acids is 1. The summed E-state index contributed by atoms with van der Waals surface area (Å²) >= 11 is 0. The van der Waals surface area contributed by atoms with E-state index in [1.54, 1.807) is 29.8 Å². The zero-order chi connectivity index (χ0) is 18.9. The number of benzene rings is 1. The number of hydrogen-bond donors (Lipinski definition) is 1. The Morgan fingerprint density at radius 2 is 1.96 bits per heavy atom. The van der Waals surface area contributed by atoms with E-state index in [0.29, 0.717) is 12.8 Å². The molecule has 0 saturated carbocycles. The number of aryl methyl sites for hydroxylation is 1. The molecule has 0 unspecified atom stereocenters. The molecule has 140 valence electrons. The van der Waals surface area contributed by atoms with Crippen molar-refractivity contribution in [2.45, 2.75) is 31.6 Å². The van der Waals surface area contributed by atoms with Gasteiger partial charge in [0.25, 0.3) is 0 Å². The molecule has 26 heavy (non-hydrogen) atoms. The SMILES string of the molecule is Cc1ccc(CS(=O)(=O)N2CCC(n3cccc3C(=O)O)CC2)c(F)c1. The molecule has 0 aliphatic carbocycles. The smallest absolute Gasteiger partial charge is 0.352 e. The molecule has 3 rings (SSSR count). The minimum Gasteiger partial charge on any atom is -0.477 e. The van der Waals surface area contributed by atoms with Crippen molar-refractivity contribution in [1.82, 2.24) is 8.87 Å². The van der Waals surface area contributed by atoms with Crippen molar-refractivity contribution in [3.05, 3.63) is 59.2 Å². The van der Waals surface area contributed by atoms with Crippen LogP contribution in [0, 0.1) is 12.7 Å². The lowest BCUT2D eigenvalue weighted by atomic mass is 10.1. The third kappa shape index (κ3) is 3.81. The molecule has 0 atom stereocenters. The van der Waals surface area contributed by atoms with Crippen LogP contribution < -0.4 is 0 Å². The summed E-state index contributed by atoms with van der Waals surface area (Å²) in [5.74, 6) is -1.88. The minimum atomic E-state index is -3.62. The van der Waals surface area contributed by atoms with Crippen LogP contribution in [0.5, 0.6) is 0 Å². The first-order chi connectivity index (χ1) is 12.3. The summed E-state index contributed by atoms with van der Waals surface area (Å²) in [6.07, 6.45) is 2.75. The molecule has 2 heterocycles. The van der Waals surface area contributed by atoms with Crippen LogP contribution in [-0.4, -0.2) is 41.5 Å². The van der Waals surface area contributed by atoms with Crippen LogP contribution in [-0.2, 0) is 15.8 Å². The second-order valence-corrected chi connectivity index (χ2v) is 8.56. The van der Waals surface area contributed by atoms with Gasteiger partial charge in [0.15, 0.2) is 0 Å². The number of carboxylic acid groups (broad SMARTS) is 1. The van der Waals surface area contributed by atoms with Crippen molar-refractivity contribution < 1.29 is 22.7 Å². The highest BCUT2D eigenvalue weighted by molar-refractivity contribution is 7.88. The van der Waals surface area contributed by atoms with E-state index in [9.17, 15) is 22.7 Å². The number of carbonyl (C=O) groups is 1. The summed E-state index contributed by atoms with van der Waals surface area (Å²) in [5, 5.41) is 9.21. The van der Waals surface area contributed by atoms with Crippen LogP contribution in [0.3, 0.4) is 0 Å². The van der Waals surface area contributed by atoms with Crippen molar-refractivity contribution in [2.24, 2.45) is 0 Å². The molecule has 0 radical (unpaired) electrons. The lowest BCUT2D eigenvalue weighted by Gasteiger charge is -2.32. The van der Waals surface area contributed by atoms with Gasteiger partial charge in [0.2, 0.25) is 10.0 Å². The van der Waals surface area contributed by atoms with Crippen molar-refractivity contribution in [2.75, 3.05) is 13.1 Å². The maximum absolute atomic E-state index is 14.0. The lowest BCUT2D eigenvalue weighted by Crippen LogP contribution is -2.40. The van der Waals surface area contributed by atoms with Crippen LogP contribution >= 0.6 is 0 Å². The van der Waals surface area contributed by atoms with Gasteiger partial charge in [-0.25, -0.2) is 21.9 Å². The van der Waals surface area contributed by atoms with Crippen molar-refractivity contribution >= 4 is 16.0 Å². The van der Waals surface area contributed by atoms with E-state index in [-0.39, 0.29) is 36.1 Å². The lowest BCUT2D eigenvalue weighted by molar-refractivity contribution is 0.0680. The average molecular weight is 380 g/mol.